The zero-order valence-corrected chi connectivity index (χ0v) is 14.4. The maximum absolute atomic E-state index is 13.9. The van der Waals surface area contributed by atoms with Crippen molar-refractivity contribution in [3.8, 4) is 0 Å². The van der Waals surface area contributed by atoms with Crippen molar-refractivity contribution in [3.05, 3.63) is 47.3 Å². The Labute approximate surface area is 142 Å². The standard InChI is InChI=1S/C15H14FN5O3S/c1-8-6-9(2)21-15(17-8)19-13(20-21)14(22)18-12-7-10(25(3,23)24)4-5-11(12)16/h4-7H,1-3H3,(H,18,22). The number of aromatic nitrogens is 4. The monoisotopic (exact) mass is 363 g/mol. The summed E-state index contributed by atoms with van der Waals surface area (Å²) in [5, 5.41) is 6.33. The van der Waals surface area contributed by atoms with Crippen LogP contribution in [0.1, 0.15) is 22.0 Å². The Morgan fingerprint density at radius 3 is 2.60 bits per heavy atom. The number of halogens is 1. The van der Waals surface area contributed by atoms with Crippen molar-refractivity contribution in [1.29, 1.82) is 0 Å². The first-order valence-corrected chi connectivity index (χ1v) is 9.06. The fraction of sp³-hybridized carbons (Fsp3) is 0.200. The molecule has 0 radical (unpaired) electrons. The molecule has 10 heteroatoms. The van der Waals surface area contributed by atoms with E-state index in [9.17, 15) is 17.6 Å². The molecular formula is C15H14FN5O3S. The van der Waals surface area contributed by atoms with Crippen LogP contribution in [0.2, 0.25) is 0 Å². The molecule has 0 saturated carbocycles. The van der Waals surface area contributed by atoms with Crippen molar-refractivity contribution < 1.29 is 17.6 Å². The summed E-state index contributed by atoms with van der Waals surface area (Å²) in [4.78, 5) is 20.4. The van der Waals surface area contributed by atoms with Gasteiger partial charge in [-0.25, -0.2) is 22.3 Å². The van der Waals surface area contributed by atoms with Crippen LogP contribution in [0, 0.1) is 19.7 Å². The number of anilines is 1. The first-order valence-electron chi connectivity index (χ1n) is 7.17. The number of aryl methyl sites for hydroxylation is 2. The first kappa shape index (κ1) is 17.0. The van der Waals surface area contributed by atoms with E-state index in [4.69, 9.17) is 0 Å². The number of nitrogens with zero attached hydrogens (tertiary/aromatic N) is 4. The number of hydrogen-bond acceptors (Lipinski definition) is 6. The fourth-order valence-corrected chi connectivity index (χ4v) is 2.92. The predicted molar refractivity (Wildman–Crippen MR) is 87.7 cm³/mol. The summed E-state index contributed by atoms with van der Waals surface area (Å²) in [7, 11) is -3.54. The number of carbonyl (C=O) groups is 1. The van der Waals surface area contributed by atoms with Gasteiger partial charge in [-0.15, -0.1) is 5.10 Å². The van der Waals surface area contributed by atoms with Gasteiger partial charge in [0.1, 0.15) is 5.82 Å². The third kappa shape index (κ3) is 3.33. The van der Waals surface area contributed by atoms with Crippen LogP contribution >= 0.6 is 0 Å². The molecule has 0 aliphatic carbocycles. The summed E-state index contributed by atoms with van der Waals surface area (Å²) in [5.41, 5.74) is 1.18. The van der Waals surface area contributed by atoms with E-state index in [-0.39, 0.29) is 22.2 Å². The number of amides is 1. The van der Waals surface area contributed by atoms with Gasteiger partial charge in [-0.3, -0.25) is 4.79 Å². The van der Waals surface area contributed by atoms with Crippen molar-refractivity contribution in [2.75, 3.05) is 11.6 Å². The molecule has 0 fully saturated rings. The molecular weight excluding hydrogens is 349 g/mol. The largest absolute Gasteiger partial charge is 0.317 e. The SMILES string of the molecule is Cc1cc(C)n2nc(C(=O)Nc3cc(S(C)(=O)=O)ccc3F)nc2n1. The summed E-state index contributed by atoms with van der Waals surface area (Å²) < 4.78 is 38.4. The van der Waals surface area contributed by atoms with Crippen LogP contribution in [0.4, 0.5) is 10.1 Å². The summed E-state index contributed by atoms with van der Waals surface area (Å²) in [5.74, 6) is -1.50. The van der Waals surface area contributed by atoms with Gasteiger partial charge in [0.25, 0.3) is 11.7 Å². The second kappa shape index (κ2) is 5.88. The Morgan fingerprint density at radius 2 is 1.92 bits per heavy atom. The second-order valence-corrected chi connectivity index (χ2v) is 7.57. The van der Waals surface area contributed by atoms with E-state index < -0.39 is 21.6 Å². The molecule has 2 heterocycles. The number of nitrogens with one attached hydrogen (secondary N) is 1. The normalized spacial score (nSPS) is 11.7. The first-order chi connectivity index (χ1) is 11.6. The van der Waals surface area contributed by atoms with Crippen LogP contribution in [-0.4, -0.2) is 40.2 Å². The molecule has 3 rings (SSSR count). The van der Waals surface area contributed by atoms with Crippen LogP contribution < -0.4 is 5.32 Å². The molecule has 1 aromatic carbocycles. The second-order valence-electron chi connectivity index (χ2n) is 5.55. The van der Waals surface area contributed by atoms with Gasteiger partial charge in [0.05, 0.1) is 10.6 Å². The van der Waals surface area contributed by atoms with E-state index in [0.29, 0.717) is 0 Å². The van der Waals surface area contributed by atoms with E-state index in [1.54, 1.807) is 19.9 Å². The molecule has 130 valence electrons. The van der Waals surface area contributed by atoms with Gasteiger partial charge in [-0.2, -0.15) is 4.98 Å². The lowest BCUT2D eigenvalue weighted by Crippen LogP contribution is -2.15. The van der Waals surface area contributed by atoms with Gasteiger partial charge < -0.3 is 5.32 Å². The lowest BCUT2D eigenvalue weighted by atomic mass is 10.3. The highest BCUT2D eigenvalue weighted by atomic mass is 32.2. The van der Waals surface area contributed by atoms with E-state index >= 15 is 0 Å². The number of benzene rings is 1. The molecule has 2 aromatic heterocycles. The maximum Gasteiger partial charge on any atom is 0.295 e. The Kier molecular flexibility index (Phi) is 3.99. The molecule has 0 aliphatic rings. The molecule has 0 aliphatic heterocycles. The van der Waals surface area contributed by atoms with Crippen LogP contribution in [0.5, 0.6) is 0 Å². The Hall–Kier alpha value is -2.88. The summed E-state index contributed by atoms with van der Waals surface area (Å²) >= 11 is 0. The van der Waals surface area contributed by atoms with Crippen LogP contribution in [0.15, 0.2) is 29.2 Å². The van der Waals surface area contributed by atoms with Gasteiger partial charge >= 0.3 is 0 Å². The van der Waals surface area contributed by atoms with E-state index in [1.165, 1.54) is 4.52 Å². The van der Waals surface area contributed by atoms with Crippen LogP contribution in [0.3, 0.4) is 0 Å². The molecule has 0 atom stereocenters. The van der Waals surface area contributed by atoms with Gasteiger partial charge in [0.2, 0.25) is 5.82 Å². The van der Waals surface area contributed by atoms with Crippen molar-refractivity contribution >= 4 is 27.2 Å². The zero-order valence-electron chi connectivity index (χ0n) is 13.6. The van der Waals surface area contributed by atoms with Crippen molar-refractivity contribution in [1.82, 2.24) is 19.6 Å². The molecule has 8 nitrogen and oxygen atoms in total. The smallest absolute Gasteiger partial charge is 0.295 e. The molecule has 1 N–H and O–H groups in total. The van der Waals surface area contributed by atoms with Gasteiger partial charge in [-0.1, -0.05) is 0 Å². The molecule has 0 spiro atoms. The zero-order chi connectivity index (χ0) is 18.4. The van der Waals surface area contributed by atoms with Gasteiger partial charge in [0, 0.05) is 17.6 Å². The van der Waals surface area contributed by atoms with E-state index in [0.717, 1.165) is 35.8 Å². The maximum atomic E-state index is 13.9. The van der Waals surface area contributed by atoms with Crippen molar-refractivity contribution in [2.45, 2.75) is 18.7 Å². The van der Waals surface area contributed by atoms with Crippen molar-refractivity contribution in [3.63, 3.8) is 0 Å². The molecule has 0 unspecified atom stereocenters. The van der Waals surface area contributed by atoms with Crippen LogP contribution in [0.25, 0.3) is 5.78 Å². The van der Waals surface area contributed by atoms with E-state index in [1.807, 2.05) is 0 Å². The topological polar surface area (TPSA) is 106 Å². The molecule has 0 saturated heterocycles. The predicted octanol–water partition coefficient (Wildman–Crippen LogP) is 1.54. The minimum atomic E-state index is -3.54. The average Bonchev–Trinajstić information content (AvgIpc) is 2.92. The average molecular weight is 363 g/mol. The molecule has 0 bridgehead atoms. The number of sulfone groups is 1. The van der Waals surface area contributed by atoms with Gasteiger partial charge in [-0.05, 0) is 38.1 Å². The lowest BCUT2D eigenvalue weighted by molar-refractivity contribution is 0.101. The fourth-order valence-electron chi connectivity index (χ4n) is 2.27. The van der Waals surface area contributed by atoms with Gasteiger partial charge in [0.15, 0.2) is 9.84 Å². The summed E-state index contributed by atoms with van der Waals surface area (Å²) in [6, 6.07) is 4.92. The highest BCUT2D eigenvalue weighted by molar-refractivity contribution is 7.90. The third-order valence-corrected chi connectivity index (χ3v) is 4.55. The Morgan fingerprint density at radius 1 is 1.20 bits per heavy atom. The Balaban J connectivity index is 1.97. The third-order valence-electron chi connectivity index (χ3n) is 3.44. The number of hydrogen-bond donors (Lipinski definition) is 1. The number of carbonyl (C=O) groups excluding carboxylic acids is 1. The number of fused-ring (bicyclic) bond motifs is 1. The highest BCUT2D eigenvalue weighted by Crippen LogP contribution is 2.20. The lowest BCUT2D eigenvalue weighted by Gasteiger charge is -2.06. The summed E-state index contributed by atoms with van der Waals surface area (Å²) in [6.45, 7) is 3.57. The van der Waals surface area contributed by atoms with Crippen LogP contribution in [-0.2, 0) is 9.84 Å². The van der Waals surface area contributed by atoms with E-state index in [2.05, 4.69) is 20.4 Å². The quantitative estimate of drug-likeness (QED) is 0.708. The Bertz CT molecular complexity index is 1110. The minimum absolute atomic E-state index is 0.111. The summed E-state index contributed by atoms with van der Waals surface area (Å²) in [6.07, 6.45) is 0.992. The number of rotatable bonds is 3. The molecule has 3 aromatic rings. The molecule has 25 heavy (non-hydrogen) atoms. The minimum Gasteiger partial charge on any atom is -0.317 e. The highest BCUT2D eigenvalue weighted by Gasteiger charge is 2.18. The van der Waals surface area contributed by atoms with Crippen molar-refractivity contribution in [2.24, 2.45) is 0 Å². The molecule has 1 amide bonds.